The van der Waals surface area contributed by atoms with Crippen LogP contribution in [-0.4, -0.2) is 21.6 Å². The van der Waals surface area contributed by atoms with Gasteiger partial charge in [0.15, 0.2) is 0 Å². The largest absolute Gasteiger partial charge is 0.326 e. The summed E-state index contributed by atoms with van der Waals surface area (Å²) in [5, 5.41) is 9.92. The van der Waals surface area contributed by atoms with Crippen molar-refractivity contribution in [3.63, 3.8) is 0 Å². The summed E-state index contributed by atoms with van der Waals surface area (Å²) in [6.45, 7) is 1.88. The van der Waals surface area contributed by atoms with Gasteiger partial charge in [-0.25, -0.2) is 0 Å². The Morgan fingerprint density at radius 1 is 1.32 bits per heavy atom. The zero-order chi connectivity index (χ0) is 15.7. The Kier molecular flexibility index (Phi) is 3.66. The summed E-state index contributed by atoms with van der Waals surface area (Å²) >= 11 is 0. The third-order valence-electron chi connectivity index (χ3n) is 3.74. The quantitative estimate of drug-likeness (QED) is 0.893. The van der Waals surface area contributed by atoms with Gasteiger partial charge in [-0.2, -0.15) is 5.10 Å². The smallest absolute Gasteiger partial charge is 0.256 e. The predicted octanol–water partition coefficient (Wildman–Crippen LogP) is 2.26. The average molecular weight is 298 g/mol. The van der Waals surface area contributed by atoms with Crippen molar-refractivity contribution in [2.24, 2.45) is 7.05 Å². The lowest BCUT2D eigenvalue weighted by Gasteiger charge is -2.10. The van der Waals surface area contributed by atoms with Gasteiger partial charge in [0.2, 0.25) is 5.91 Å². The van der Waals surface area contributed by atoms with E-state index in [0.29, 0.717) is 17.8 Å². The van der Waals surface area contributed by atoms with Crippen molar-refractivity contribution in [3.8, 4) is 0 Å². The number of amides is 2. The lowest BCUT2D eigenvalue weighted by molar-refractivity contribution is -0.116. The normalized spacial score (nSPS) is 14.0. The first-order valence-electron chi connectivity index (χ1n) is 7.28. The first kappa shape index (κ1) is 14.3. The van der Waals surface area contributed by atoms with Gasteiger partial charge in [-0.1, -0.05) is 0 Å². The minimum Gasteiger partial charge on any atom is -0.326 e. The molecule has 0 radical (unpaired) electrons. The number of anilines is 2. The van der Waals surface area contributed by atoms with Crippen LogP contribution in [-0.2, 0) is 18.3 Å². The molecule has 2 heterocycles. The maximum absolute atomic E-state index is 12.4. The molecule has 0 saturated carbocycles. The molecule has 0 saturated heterocycles. The van der Waals surface area contributed by atoms with Gasteiger partial charge in [0.1, 0.15) is 5.82 Å². The van der Waals surface area contributed by atoms with Gasteiger partial charge in [-0.3, -0.25) is 14.3 Å². The van der Waals surface area contributed by atoms with E-state index in [4.69, 9.17) is 0 Å². The highest BCUT2D eigenvalue weighted by Gasteiger charge is 2.16. The number of hydrogen-bond acceptors (Lipinski definition) is 3. The maximum atomic E-state index is 12.4. The van der Waals surface area contributed by atoms with Gasteiger partial charge >= 0.3 is 0 Å². The molecule has 0 unspecified atom stereocenters. The third-order valence-corrected chi connectivity index (χ3v) is 3.74. The van der Waals surface area contributed by atoms with E-state index < -0.39 is 0 Å². The molecular formula is C16H18N4O2. The van der Waals surface area contributed by atoms with E-state index >= 15 is 0 Å². The van der Waals surface area contributed by atoms with Crippen LogP contribution < -0.4 is 10.6 Å². The molecule has 1 aliphatic heterocycles. The number of carbonyl (C=O) groups excluding carboxylic acids is 2. The van der Waals surface area contributed by atoms with Crippen LogP contribution in [0.3, 0.4) is 0 Å². The average Bonchev–Trinajstić information content (AvgIpc) is 2.68. The van der Waals surface area contributed by atoms with Crippen LogP contribution in [0, 0.1) is 6.92 Å². The molecule has 6 heteroatoms. The van der Waals surface area contributed by atoms with Crippen LogP contribution in [0.25, 0.3) is 0 Å². The highest BCUT2D eigenvalue weighted by atomic mass is 16.2. The van der Waals surface area contributed by atoms with E-state index in [2.05, 4.69) is 15.7 Å². The number of aromatic nitrogens is 2. The number of carbonyl (C=O) groups is 2. The van der Waals surface area contributed by atoms with Gasteiger partial charge in [0.05, 0.1) is 5.69 Å². The molecule has 1 aromatic carbocycles. The Bertz CT molecular complexity index is 749. The molecule has 2 aromatic rings. The van der Waals surface area contributed by atoms with Gasteiger partial charge in [-0.15, -0.1) is 0 Å². The van der Waals surface area contributed by atoms with Gasteiger partial charge in [-0.05, 0) is 43.5 Å². The molecule has 0 spiro atoms. The summed E-state index contributed by atoms with van der Waals surface area (Å²) in [7, 11) is 1.79. The van der Waals surface area contributed by atoms with E-state index in [-0.39, 0.29) is 11.8 Å². The number of nitrogens with one attached hydrogen (secondary N) is 2. The van der Waals surface area contributed by atoms with E-state index in [1.54, 1.807) is 23.9 Å². The maximum Gasteiger partial charge on any atom is 0.256 e. The number of nitrogens with zero attached hydrogens (tertiary/aromatic N) is 2. The number of fused-ring (bicyclic) bond motifs is 1. The van der Waals surface area contributed by atoms with Gasteiger partial charge < -0.3 is 10.6 Å². The molecule has 22 heavy (non-hydrogen) atoms. The molecule has 2 amide bonds. The fourth-order valence-electron chi connectivity index (χ4n) is 2.63. The van der Waals surface area contributed by atoms with Gasteiger partial charge in [0, 0.05) is 30.8 Å². The number of rotatable bonds is 2. The second-order valence-corrected chi connectivity index (χ2v) is 5.52. The second kappa shape index (κ2) is 5.63. The molecule has 1 aromatic heterocycles. The monoisotopic (exact) mass is 298 g/mol. The van der Waals surface area contributed by atoms with E-state index in [0.717, 1.165) is 29.8 Å². The number of benzene rings is 1. The predicted molar refractivity (Wildman–Crippen MR) is 83.9 cm³/mol. The van der Waals surface area contributed by atoms with Crippen LogP contribution in [0.2, 0.25) is 0 Å². The zero-order valence-corrected chi connectivity index (χ0v) is 12.6. The van der Waals surface area contributed by atoms with Crippen molar-refractivity contribution in [2.45, 2.75) is 26.2 Å². The Balaban J connectivity index is 1.83. The number of hydrogen-bond donors (Lipinski definition) is 2. The summed E-state index contributed by atoms with van der Waals surface area (Å²) in [5.41, 5.74) is 3.23. The molecule has 6 nitrogen and oxygen atoms in total. The van der Waals surface area contributed by atoms with Crippen molar-refractivity contribution >= 4 is 23.3 Å². The van der Waals surface area contributed by atoms with Gasteiger partial charge in [0.25, 0.3) is 5.91 Å². The fraction of sp³-hybridized carbons (Fsp3) is 0.312. The summed E-state index contributed by atoms with van der Waals surface area (Å²) in [4.78, 5) is 23.9. The van der Waals surface area contributed by atoms with Crippen LogP contribution in [0.5, 0.6) is 0 Å². The lowest BCUT2D eigenvalue weighted by atomic mass is 10.0. The first-order valence-corrected chi connectivity index (χ1v) is 7.28. The molecule has 0 fully saturated rings. The summed E-state index contributed by atoms with van der Waals surface area (Å²) in [5.74, 6) is 0.508. The molecule has 3 rings (SSSR count). The Morgan fingerprint density at radius 2 is 2.14 bits per heavy atom. The summed E-state index contributed by atoms with van der Waals surface area (Å²) < 4.78 is 1.64. The Labute approximate surface area is 128 Å². The topological polar surface area (TPSA) is 76.0 Å². The minimum atomic E-state index is -0.179. The van der Waals surface area contributed by atoms with E-state index in [9.17, 15) is 9.59 Å². The number of aryl methyl sites for hydroxylation is 3. The third kappa shape index (κ3) is 2.86. The van der Waals surface area contributed by atoms with Crippen LogP contribution >= 0.6 is 0 Å². The van der Waals surface area contributed by atoms with Crippen LogP contribution in [0.4, 0.5) is 11.5 Å². The summed E-state index contributed by atoms with van der Waals surface area (Å²) in [6, 6.07) is 7.19. The van der Waals surface area contributed by atoms with E-state index in [1.807, 2.05) is 19.1 Å². The van der Waals surface area contributed by atoms with Crippen molar-refractivity contribution in [2.75, 3.05) is 10.6 Å². The van der Waals surface area contributed by atoms with Crippen molar-refractivity contribution in [1.82, 2.24) is 9.78 Å². The van der Waals surface area contributed by atoms with Crippen LogP contribution in [0.15, 0.2) is 24.3 Å². The van der Waals surface area contributed by atoms with Crippen molar-refractivity contribution < 1.29 is 9.59 Å². The SMILES string of the molecule is Cc1cc(NC(=O)c2ccc3c(c2)CCCC(=O)N3)n(C)n1. The standard InChI is InChI=1S/C16H18N4O2/c1-10-8-14(20(2)19-10)18-16(22)12-6-7-13-11(9-12)4-3-5-15(21)17-13/h6-9H,3-5H2,1-2H3,(H,17,21)(H,18,22). The Hall–Kier alpha value is -2.63. The molecule has 2 N–H and O–H groups in total. The highest BCUT2D eigenvalue weighted by molar-refractivity contribution is 6.04. The van der Waals surface area contributed by atoms with Crippen molar-refractivity contribution in [3.05, 3.63) is 41.1 Å². The lowest BCUT2D eigenvalue weighted by Crippen LogP contribution is -2.15. The zero-order valence-electron chi connectivity index (χ0n) is 12.6. The molecular weight excluding hydrogens is 280 g/mol. The molecule has 1 aliphatic rings. The molecule has 114 valence electrons. The molecule has 0 aliphatic carbocycles. The second-order valence-electron chi connectivity index (χ2n) is 5.52. The van der Waals surface area contributed by atoms with Crippen LogP contribution in [0.1, 0.15) is 34.5 Å². The first-order chi connectivity index (χ1) is 10.5. The fourth-order valence-corrected chi connectivity index (χ4v) is 2.63. The molecule has 0 atom stereocenters. The summed E-state index contributed by atoms with van der Waals surface area (Å²) in [6.07, 6.45) is 2.11. The Morgan fingerprint density at radius 3 is 2.86 bits per heavy atom. The van der Waals surface area contributed by atoms with Crippen molar-refractivity contribution in [1.29, 1.82) is 0 Å². The molecule has 0 bridgehead atoms. The highest BCUT2D eigenvalue weighted by Crippen LogP contribution is 2.23. The van der Waals surface area contributed by atoms with E-state index in [1.165, 1.54) is 0 Å². The minimum absolute atomic E-state index is 0.0290.